The third kappa shape index (κ3) is 3.52. The first-order chi connectivity index (χ1) is 11.0. The van der Waals surface area contributed by atoms with Crippen LogP contribution in [0.15, 0.2) is 28.0 Å². The molecule has 2 N–H and O–H groups in total. The summed E-state index contributed by atoms with van der Waals surface area (Å²) in [6.45, 7) is 6.04. The molecule has 1 fully saturated rings. The van der Waals surface area contributed by atoms with Gasteiger partial charge in [-0.15, -0.1) is 10.2 Å². The standard InChI is InChI=1S/C15H21N5O2S/c1-10-6-11(2)8-19(7-10)13(21)9-23-15-18-17-14(20(15)16)12-4-3-5-22-12/h3-5,10-11H,6-9,16H2,1-2H3/t10-,11+. The van der Waals surface area contributed by atoms with Crippen molar-refractivity contribution in [3.05, 3.63) is 18.4 Å². The maximum absolute atomic E-state index is 12.4. The van der Waals surface area contributed by atoms with Crippen LogP contribution in [0.1, 0.15) is 20.3 Å². The number of amides is 1. The summed E-state index contributed by atoms with van der Waals surface area (Å²) >= 11 is 1.30. The Bertz CT molecular complexity index is 659. The van der Waals surface area contributed by atoms with Crippen LogP contribution in [-0.2, 0) is 4.79 Å². The average Bonchev–Trinajstić information content (AvgIpc) is 3.13. The van der Waals surface area contributed by atoms with E-state index in [0.29, 0.717) is 34.3 Å². The van der Waals surface area contributed by atoms with Crippen LogP contribution >= 0.6 is 11.8 Å². The number of hydrogen-bond acceptors (Lipinski definition) is 6. The summed E-state index contributed by atoms with van der Waals surface area (Å²) in [6.07, 6.45) is 2.74. The molecule has 124 valence electrons. The highest BCUT2D eigenvalue weighted by molar-refractivity contribution is 7.99. The number of hydrogen-bond donors (Lipinski definition) is 1. The van der Waals surface area contributed by atoms with Crippen LogP contribution in [0.4, 0.5) is 0 Å². The summed E-state index contributed by atoms with van der Waals surface area (Å²) in [6, 6.07) is 3.53. The van der Waals surface area contributed by atoms with Gasteiger partial charge in [0.25, 0.3) is 0 Å². The van der Waals surface area contributed by atoms with Gasteiger partial charge in [0.1, 0.15) is 0 Å². The fourth-order valence-corrected chi connectivity index (χ4v) is 3.79. The second-order valence-electron chi connectivity index (χ2n) is 6.19. The highest BCUT2D eigenvalue weighted by Crippen LogP contribution is 2.24. The topological polar surface area (TPSA) is 90.2 Å². The number of rotatable bonds is 4. The van der Waals surface area contributed by atoms with Gasteiger partial charge in [0.15, 0.2) is 5.76 Å². The number of likely N-dealkylation sites (tertiary alicyclic amines) is 1. The summed E-state index contributed by atoms with van der Waals surface area (Å²) in [5.74, 6) is 8.53. The first-order valence-electron chi connectivity index (χ1n) is 7.69. The number of aromatic nitrogens is 3. The van der Waals surface area contributed by atoms with Gasteiger partial charge < -0.3 is 15.2 Å². The molecule has 3 rings (SSSR count). The zero-order valence-corrected chi connectivity index (χ0v) is 14.1. The molecule has 8 heteroatoms. The van der Waals surface area contributed by atoms with E-state index in [0.717, 1.165) is 13.1 Å². The number of nitrogen functional groups attached to an aromatic ring is 1. The van der Waals surface area contributed by atoms with Crippen LogP contribution < -0.4 is 5.84 Å². The van der Waals surface area contributed by atoms with Crippen molar-refractivity contribution in [2.24, 2.45) is 11.8 Å². The Morgan fingerprint density at radius 1 is 1.39 bits per heavy atom. The first kappa shape index (κ1) is 15.9. The molecule has 1 amide bonds. The van der Waals surface area contributed by atoms with Crippen molar-refractivity contribution in [1.29, 1.82) is 0 Å². The molecule has 0 aliphatic carbocycles. The fraction of sp³-hybridized carbons (Fsp3) is 0.533. The monoisotopic (exact) mass is 335 g/mol. The van der Waals surface area contributed by atoms with Crippen LogP contribution in [0.25, 0.3) is 11.6 Å². The van der Waals surface area contributed by atoms with Crippen molar-refractivity contribution in [2.75, 3.05) is 24.7 Å². The molecule has 0 radical (unpaired) electrons. The first-order valence-corrected chi connectivity index (χ1v) is 8.68. The molecule has 0 bridgehead atoms. The van der Waals surface area contributed by atoms with Crippen molar-refractivity contribution < 1.29 is 9.21 Å². The third-order valence-electron chi connectivity index (χ3n) is 3.95. The van der Waals surface area contributed by atoms with Gasteiger partial charge in [-0.1, -0.05) is 25.6 Å². The molecule has 0 unspecified atom stereocenters. The second kappa shape index (κ2) is 6.66. The molecule has 1 saturated heterocycles. The lowest BCUT2D eigenvalue weighted by molar-refractivity contribution is -0.130. The van der Waals surface area contributed by atoms with Crippen molar-refractivity contribution in [3.63, 3.8) is 0 Å². The van der Waals surface area contributed by atoms with Gasteiger partial charge in [0.2, 0.25) is 16.9 Å². The van der Waals surface area contributed by atoms with Crippen molar-refractivity contribution in [2.45, 2.75) is 25.4 Å². The number of furan rings is 1. The Labute approximate surface area is 139 Å². The summed E-state index contributed by atoms with van der Waals surface area (Å²) in [5, 5.41) is 8.56. The zero-order valence-electron chi connectivity index (χ0n) is 13.3. The number of carbonyl (C=O) groups is 1. The maximum atomic E-state index is 12.4. The SMILES string of the molecule is C[C@@H]1C[C@H](C)CN(C(=O)CSc2nnc(-c3ccco3)n2N)C1. The number of piperidine rings is 1. The number of nitrogens with two attached hydrogens (primary N) is 1. The molecular weight excluding hydrogens is 314 g/mol. The molecule has 2 atom stereocenters. The summed E-state index contributed by atoms with van der Waals surface area (Å²) in [7, 11) is 0. The van der Waals surface area contributed by atoms with Gasteiger partial charge in [-0.2, -0.15) is 0 Å². The molecule has 3 heterocycles. The van der Waals surface area contributed by atoms with E-state index in [1.54, 1.807) is 18.4 Å². The average molecular weight is 335 g/mol. The molecule has 2 aromatic heterocycles. The lowest BCUT2D eigenvalue weighted by atomic mass is 9.92. The van der Waals surface area contributed by atoms with E-state index >= 15 is 0 Å². The Morgan fingerprint density at radius 2 is 2.13 bits per heavy atom. The second-order valence-corrected chi connectivity index (χ2v) is 7.13. The minimum absolute atomic E-state index is 0.121. The summed E-state index contributed by atoms with van der Waals surface area (Å²) in [5.41, 5.74) is 0. The molecule has 7 nitrogen and oxygen atoms in total. The third-order valence-corrected chi connectivity index (χ3v) is 4.88. The van der Waals surface area contributed by atoms with Gasteiger partial charge in [-0.3, -0.25) is 4.79 Å². The number of thioether (sulfide) groups is 1. The van der Waals surface area contributed by atoms with E-state index in [1.807, 2.05) is 4.90 Å². The normalized spacial score (nSPS) is 21.6. The Morgan fingerprint density at radius 3 is 2.78 bits per heavy atom. The maximum Gasteiger partial charge on any atom is 0.233 e. The van der Waals surface area contributed by atoms with E-state index in [9.17, 15) is 4.79 Å². The molecule has 2 aromatic rings. The highest BCUT2D eigenvalue weighted by atomic mass is 32.2. The Balaban J connectivity index is 1.61. The predicted octanol–water partition coefficient (Wildman–Crippen LogP) is 1.85. The van der Waals surface area contributed by atoms with Gasteiger partial charge in [-0.25, -0.2) is 4.68 Å². The molecule has 23 heavy (non-hydrogen) atoms. The summed E-state index contributed by atoms with van der Waals surface area (Å²) < 4.78 is 6.63. The van der Waals surface area contributed by atoms with Crippen molar-refractivity contribution in [3.8, 4) is 11.6 Å². The molecule has 0 saturated carbocycles. The summed E-state index contributed by atoms with van der Waals surface area (Å²) in [4.78, 5) is 14.3. The predicted molar refractivity (Wildman–Crippen MR) is 88.1 cm³/mol. The molecule has 0 aromatic carbocycles. The van der Waals surface area contributed by atoms with Crippen LogP contribution in [0, 0.1) is 11.8 Å². The van der Waals surface area contributed by atoms with E-state index < -0.39 is 0 Å². The van der Waals surface area contributed by atoms with Crippen LogP contribution in [-0.4, -0.2) is 44.5 Å². The largest absolute Gasteiger partial charge is 0.461 e. The Kier molecular flexibility index (Phi) is 4.61. The van der Waals surface area contributed by atoms with E-state index in [2.05, 4.69) is 24.0 Å². The molecule has 1 aliphatic rings. The molecule has 1 aliphatic heterocycles. The lowest BCUT2D eigenvalue weighted by Gasteiger charge is -2.34. The number of carbonyl (C=O) groups excluding carboxylic acids is 1. The fourth-order valence-electron chi connectivity index (χ4n) is 3.03. The van der Waals surface area contributed by atoms with Gasteiger partial charge in [0, 0.05) is 13.1 Å². The van der Waals surface area contributed by atoms with Crippen LogP contribution in [0.5, 0.6) is 0 Å². The quantitative estimate of drug-likeness (QED) is 0.677. The zero-order chi connectivity index (χ0) is 16.4. The highest BCUT2D eigenvalue weighted by Gasteiger charge is 2.26. The van der Waals surface area contributed by atoms with E-state index in [-0.39, 0.29) is 5.91 Å². The lowest BCUT2D eigenvalue weighted by Crippen LogP contribution is -2.43. The van der Waals surface area contributed by atoms with E-state index in [4.69, 9.17) is 10.3 Å². The number of nitrogens with zero attached hydrogens (tertiary/aromatic N) is 4. The van der Waals surface area contributed by atoms with Gasteiger partial charge >= 0.3 is 0 Å². The molecular formula is C15H21N5O2S. The van der Waals surface area contributed by atoms with Gasteiger partial charge in [-0.05, 0) is 30.4 Å². The van der Waals surface area contributed by atoms with Crippen molar-refractivity contribution >= 4 is 17.7 Å². The molecule has 0 spiro atoms. The van der Waals surface area contributed by atoms with Crippen LogP contribution in [0.3, 0.4) is 0 Å². The minimum Gasteiger partial charge on any atom is -0.461 e. The minimum atomic E-state index is 0.121. The Hall–Kier alpha value is -1.96. The smallest absolute Gasteiger partial charge is 0.233 e. The van der Waals surface area contributed by atoms with E-state index in [1.165, 1.54) is 22.9 Å². The van der Waals surface area contributed by atoms with Crippen molar-refractivity contribution in [1.82, 2.24) is 19.8 Å². The van der Waals surface area contributed by atoms with Crippen LogP contribution in [0.2, 0.25) is 0 Å². The van der Waals surface area contributed by atoms with Gasteiger partial charge in [0.05, 0.1) is 12.0 Å².